The lowest BCUT2D eigenvalue weighted by atomic mass is 9.98. The molecule has 0 spiro atoms. The summed E-state index contributed by atoms with van der Waals surface area (Å²) in [6, 6.07) is -0.308. The van der Waals surface area contributed by atoms with Gasteiger partial charge in [-0.2, -0.15) is 32.8 Å². The molecule has 5 heterocycles. The zero-order valence-corrected chi connectivity index (χ0v) is 19.0. The Morgan fingerprint density at radius 3 is 2.53 bits per heavy atom. The van der Waals surface area contributed by atoms with Gasteiger partial charge in [-0.15, -0.1) is 0 Å². The highest BCUT2D eigenvalue weighted by molar-refractivity contribution is 5.69. The number of alkyl halides is 3. The summed E-state index contributed by atoms with van der Waals surface area (Å²) in [5, 5.41) is 10.8. The molecule has 2 aromatic rings. The molecule has 2 aromatic heterocycles. The van der Waals surface area contributed by atoms with Crippen molar-refractivity contribution in [2.45, 2.75) is 75.9 Å². The van der Waals surface area contributed by atoms with Crippen LogP contribution in [0.25, 0.3) is 5.65 Å². The van der Waals surface area contributed by atoms with Crippen LogP contribution in [-0.4, -0.2) is 80.7 Å². The molecule has 0 aliphatic carbocycles. The van der Waals surface area contributed by atoms with E-state index in [1.54, 1.807) is 6.20 Å². The van der Waals surface area contributed by atoms with E-state index >= 15 is 0 Å². The van der Waals surface area contributed by atoms with Crippen molar-refractivity contribution in [3.05, 3.63) is 11.8 Å². The second-order valence-corrected chi connectivity index (χ2v) is 9.49. The SMILES string of the molecule is CC(C)c1cnn2c(NC3CC4CCC(C3)N4C(=O)OC3CNC3)nc(OCC(F)(F)F)nc12. The maximum absolute atomic E-state index is 12.7. The second kappa shape index (κ2) is 8.75. The van der Waals surface area contributed by atoms with Gasteiger partial charge in [-0.1, -0.05) is 13.8 Å². The molecule has 2 unspecified atom stereocenters. The maximum atomic E-state index is 12.7. The number of nitrogens with one attached hydrogen (secondary N) is 2. The van der Waals surface area contributed by atoms with Gasteiger partial charge in [-0.05, 0) is 31.6 Å². The molecule has 5 rings (SSSR count). The van der Waals surface area contributed by atoms with Gasteiger partial charge in [0.15, 0.2) is 12.3 Å². The fourth-order valence-corrected chi connectivity index (χ4v) is 4.91. The maximum Gasteiger partial charge on any atom is 0.422 e. The number of carbonyl (C=O) groups excluding carboxylic acids is 1. The molecule has 3 saturated heterocycles. The lowest BCUT2D eigenvalue weighted by Gasteiger charge is -2.40. The Morgan fingerprint density at radius 2 is 1.94 bits per heavy atom. The van der Waals surface area contributed by atoms with E-state index < -0.39 is 12.8 Å². The summed E-state index contributed by atoms with van der Waals surface area (Å²) in [7, 11) is 0. The second-order valence-electron chi connectivity index (χ2n) is 9.49. The number of hydrogen-bond acceptors (Lipinski definition) is 8. The molecule has 2 bridgehead atoms. The van der Waals surface area contributed by atoms with Gasteiger partial charge in [0.25, 0.3) is 0 Å². The Bertz CT molecular complexity index is 1040. The fourth-order valence-electron chi connectivity index (χ4n) is 4.91. The third-order valence-corrected chi connectivity index (χ3v) is 6.65. The highest BCUT2D eigenvalue weighted by atomic mass is 19.4. The van der Waals surface area contributed by atoms with Gasteiger partial charge in [-0.25, -0.2) is 4.79 Å². The van der Waals surface area contributed by atoms with E-state index in [-0.39, 0.29) is 48.2 Å². The van der Waals surface area contributed by atoms with Crippen molar-refractivity contribution in [3.8, 4) is 6.01 Å². The van der Waals surface area contributed by atoms with Crippen molar-refractivity contribution in [1.82, 2.24) is 29.8 Å². The van der Waals surface area contributed by atoms with Crippen LogP contribution in [0.3, 0.4) is 0 Å². The molecule has 0 aromatic carbocycles. The molecule has 2 N–H and O–H groups in total. The monoisotopic (exact) mass is 483 g/mol. The van der Waals surface area contributed by atoms with Gasteiger partial charge < -0.3 is 25.0 Å². The number of hydrogen-bond donors (Lipinski definition) is 2. The van der Waals surface area contributed by atoms with Crippen LogP contribution in [0.15, 0.2) is 6.20 Å². The lowest BCUT2D eigenvalue weighted by Crippen LogP contribution is -2.55. The predicted octanol–water partition coefficient (Wildman–Crippen LogP) is 2.70. The lowest BCUT2D eigenvalue weighted by molar-refractivity contribution is -0.154. The summed E-state index contributed by atoms with van der Waals surface area (Å²) in [5.41, 5.74) is 1.19. The van der Waals surface area contributed by atoms with Gasteiger partial charge in [0, 0.05) is 36.8 Å². The van der Waals surface area contributed by atoms with Gasteiger partial charge in [0.2, 0.25) is 5.95 Å². The quantitative estimate of drug-likeness (QED) is 0.646. The Hall–Kier alpha value is -2.83. The molecule has 3 aliphatic heterocycles. The fraction of sp³-hybridized carbons (Fsp3) is 0.714. The van der Waals surface area contributed by atoms with E-state index in [0.29, 0.717) is 31.6 Å². The van der Waals surface area contributed by atoms with Gasteiger partial charge >= 0.3 is 18.3 Å². The molecular weight excluding hydrogens is 455 g/mol. The van der Waals surface area contributed by atoms with E-state index in [2.05, 4.69) is 25.7 Å². The molecule has 1 amide bonds. The van der Waals surface area contributed by atoms with Crippen molar-refractivity contribution >= 4 is 17.7 Å². The van der Waals surface area contributed by atoms with Crippen LogP contribution in [0.2, 0.25) is 0 Å². The number of nitrogens with zero attached hydrogens (tertiary/aromatic N) is 5. The Kier molecular flexibility index (Phi) is 5.90. The van der Waals surface area contributed by atoms with E-state index in [4.69, 9.17) is 9.47 Å². The van der Waals surface area contributed by atoms with Crippen molar-refractivity contribution < 1.29 is 27.4 Å². The molecule has 0 saturated carbocycles. The number of carbonyl (C=O) groups is 1. The van der Waals surface area contributed by atoms with Crippen LogP contribution in [0, 0.1) is 0 Å². The van der Waals surface area contributed by atoms with Crippen LogP contribution >= 0.6 is 0 Å². The highest BCUT2D eigenvalue weighted by Crippen LogP contribution is 2.37. The summed E-state index contributed by atoms with van der Waals surface area (Å²) in [4.78, 5) is 22.9. The molecule has 2 atom stereocenters. The Balaban J connectivity index is 1.34. The van der Waals surface area contributed by atoms with Gasteiger partial charge in [0.1, 0.15) is 6.10 Å². The number of halogens is 3. The number of piperidine rings is 1. The molecule has 0 radical (unpaired) electrons. The summed E-state index contributed by atoms with van der Waals surface area (Å²) < 4.78 is 50.1. The van der Waals surface area contributed by atoms with E-state index in [1.807, 2.05) is 18.7 Å². The minimum atomic E-state index is -4.50. The first-order valence-corrected chi connectivity index (χ1v) is 11.6. The zero-order valence-electron chi connectivity index (χ0n) is 19.0. The van der Waals surface area contributed by atoms with E-state index in [9.17, 15) is 18.0 Å². The minimum Gasteiger partial charge on any atom is -0.454 e. The topological polar surface area (TPSA) is 106 Å². The number of anilines is 1. The van der Waals surface area contributed by atoms with Crippen LogP contribution < -0.4 is 15.4 Å². The molecular formula is C21H28F3N7O3. The molecule has 3 aliphatic rings. The number of amides is 1. The van der Waals surface area contributed by atoms with Crippen LogP contribution in [0.5, 0.6) is 6.01 Å². The predicted molar refractivity (Wildman–Crippen MR) is 115 cm³/mol. The third kappa shape index (κ3) is 4.57. The first kappa shape index (κ1) is 22.9. The van der Waals surface area contributed by atoms with Crippen molar-refractivity contribution in [3.63, 3.8) is 0 Å². The van der Waals surface area contributed by atoms with E-state index in [0.717, 1.165) is 18.4 Å². The van der Waals surface area contributed by atoms with Gasteiger partial charge in [0.05, 0.1) is 6.20 Å². The number of aromatic nitrogens is 4. The van der Waals surface area contributed by atoms with E-state index in [1.165, 1.54) is 4.52 Å². The summed E-state index contributed by atoms with van der Waals surface area (Å²) >= 11 is 0. The van der Waals surface area contributed by atoms with Crippen LogP contribution in [0.4, 0.5) is 23.9 Å². The average Bonchev–Trinajstić information content (AvgIpc) is 3.28. The average molecular weight is 483 g/mol. The zero-order chi connectivity index (χ0) is 24.0. The largest absolute Gasteiger partial charge is 0.454 e. The van der Waals surface area contributed by atoms with Gasteiger partial charge in [-0.3, -0.25) is 0 Å². The molecule has 3 fully saturated rings. The van der Waals surface area contributed by atoms with Crippen LogP contribution in [0.1, 0.15) is 51.0 Å². The molecule has 10 nitrogen and oxygen atoms in total. The van der Waals surface area contributed by atoms with Crippen molar-refractivity contribution in [1.29, 1.82) is 0 Å². The Labute approximate surface area is 194 Å². The number of fused-ring (bicyclic) bond motifs is 3. The normalized spacial score (nSPS) is 25.0. The highest BCUT2D eigenvalue weighted by Gasteiger charge is 2.45. The van der Waals surface area contributed by atoms with Crippen LogP contribution in [-0.2, 0) is 4.74 Å². The standard InChI is InChI=1S/C21H28F3N7O3/c1-11(2)16-9-26-31-17(16)28-19(33-10-21(22,23)24)29-18(31)27-12-5-13-3-4-14(6-12)30(13)20(32)34-15-7-25-8-15/h9,11-15,25H,3-8,10H2,1-2H3,(H,27,28,29). The Morgan fingerprint density at radius 1 is 1.24 bits per heavy atom. The molecule has 34 heavy (non-hydrogen) atoms. The summed E-state index contributed by atoms with van der Waals surface area (Å²) in [5.74, 6) is 0.335. The third-order valence-electron chi connectivity index (χ3n) is 6.65. The summed E-state index contributed by atoms with van der Waals surface area (Å²) in [6.07, 6.45) is -0.0570. The molecule has 186 valence electrons. The minimum absolute atomic E-state index is 0.0350. The first-order chi connectivity index (χ1) is 16.2. The summed E-state index contributed by atoms with van der Waals surface area (Å²) in [6.45, 7) is 3.80. The first-order valence-electron chi connectivity index (χ1n) is 11.6. The number of ether oxygens (including phenoxy) is 2. The van der Waals surface area contributed by atoms with Crippen molar-refractivity contribution in [2.75, 3.05) is 25.0 Å². The van der Waals surface area contributed by atoms with Crippen molar-refractivity contribution in [2.24, 2.45) is 0 Å². The molecule has 13 heteroatoms. The number of rotatable bonds is 6. The smallest absolute Gasteiger partial charge is 0.422 e.